The van der Waals surface area contributed by atoms with E-state index in [9.17, 15) is 4.39 Å². The Morgan fingerprint density at radius 2 is 2.06 bits per heavy atom. The van der Waals surface area contributed by atoms with Crippen molar-refractivity contribution >= 4 is 11.8 Å². The smallest absolute Gasteiger partial charge is 0.123 e. The summed E-state index contributed by atoms with van der Waals surface area (Å²) in [5.41, 5.74) is 4.98. The van der Waals surface area contributed by atoms with Crippen LogP contribution < -0.4 is 11.3 Å². The Bertz CT molecular complexity index is 388. The lowest BCUT2D eigenvalue weighted by molar-refractivity contribution is 0.570. The molecular formula is C14H23FN2S. The maximum atomic E-state index is 13.0. The Labute approximate surface area is 113 Å². The highest BCUT2D eigenvalue weighted by Crippen LogP contribution is 2.24. The van der Waals surface area contributed by atoms with E-state index >= 15 is 0 Å². The first-order valence-corrected chi connectivity index (χ1v) is 7.15. The Kier molecular flexibility index (Phi) is 5.63. The van der Waals surface area contributed by atoms with Gasteiger partial charge in [-0.1, -0.05) is 26.8 Å². The zero-order valence-corrected chi connectivity index (χ0v) is 12.4. The summed E-state index contributed by atoms with van der Waals surface area (Å²) in [6.07, 6.45) is 0.825. The van der Waals surface area contributed by atoms with E-state index in [1.54, 1.807) is 6.07 Å². The second-order valence-electron chi connectivity index (χ2n) is 5.56. The molecule has 0 radical (unpaired) electrons. The van der Waals surface area contributed by atoms with Gasteiger partial charge in [0, 0.05) is 16.5 Å². The maximum Gasteiger partial charge on any atom is 0.123 e. The summed E-state index contributed by atoms with van der Waals surface area (Å²) < 4.78 is 13.3. The van der Waals surface area contributed by atoms with Crippen LogP contribution in [0.4, 0.5) is 4.39 Å². The summed E-state index contributed by atoms with van der Waals surface area (Å²) in [4.78, 5) is 0. The predicted molar refractivity (Wildman–Crippen MR) is 78.2 cm³/mol. The molecule has 0 aliphatic carbocycles. The van der Waals surface area contributed by atoms with Crippen LogP contribution in [0.15, 0.2) is 18.2 Å². The van der Waals surface area contributed by atoms with Gasteiger partial charge in [-0.05, 0) is 36.6 Å². The molecule has 4 heteroatoms. The number of rotatable bonds is 5. The number of hydrogen-bond acceptors (Lipinski definition) is 3. The van der Waals surface area contributed by atoms with Gasteiger partial charge in [-0.25, -0.2) is 4.39 Å². The van der Waals surface area contributed by atoms with Crippen molar-refractivity contribution in [2.24, 2.45) is 5.84 Å². The molecule has 1 unspecified atom stereocenters. The van der Waals surface area contributed by atoms with Gasteiger partial charge >= 0.3 is 0 Å². The van der Waals surface area contributed by atoms with Crippen molar-refractivity contribution in [1.29, 1.82) is 0 Å². The second kappa shape index (κ2) is 6.55. The standard InChI is InChI=1S/C14H23FN2S/c1-10-7-12(15)6-5-11(10)8-13(17-16)9-18-14(2,3)4/h5-7,13,17H,8-9,16H2,1-4H3. The molecule has 18 heavy (non-hydrogen) atoms. The summed E-state index contributed by atoms with van der Waals surface area (Å²) in [6, 6.07) is 5.13. The summed E-state index contributed by atoms with van der Waals surface area (Å²) in [5.74, 6) is 6.35. The lowest BCUT2D eigenvalue weighted by Gasteiger charge is -2.23. The molecule has 1 aromatic rings. The normalized spacial score (nSPS) is 13.7. The molecule has 0 spiro atoms. The minimum atomic E-state index is -0.183. The van der Waals surface area contributed by atoms with E-state index in [2.05, 4.69) is 26.2 Å². The van der Waals surface area contributed by atoms with Crippen LogP contribution in [0.2, 0.25) is 0 Å². The van der Waals surface area contributed by atoms with Crippen molar-refractivity contribution < 1.29 is 4.39 Å². The van der Waals surface area contributed by atoms with Crippen LogP contribution in [0.5, 0.6) is 0 Å². The number of nitrogens with two attached hydrogens (primary N) is 1. The lowest BCUT2D eigenvalue weighted by atomic mass is 10.0. The molecule has 0 saturated carbocycles. The number of benzene rings is 1. The molecule has 0 aromatic heterocycles. The highest BCUT2D eigenvalue weighted by atomic mass is 32.2. The van der Waals surface area contributed by atoms with Gasteiger partial charge in [0.15, 0.2) is 0 Å². The van der Waals surface area contributed by atoms with E-state index in [4.69, 9.17) is 5.84 Å². The SMILES string of the molecule is Cc1cc(F)ccc1CC(CSC(C)(C)C)NN. The first-order chi connectivity index (χ1) is 8.31. The van der Waals surface area contributed by atoms with Crippen molar-refractivity contribution in [2.45, 2.75) is 44.9 Å². The average molecular weight is 270 g/mol. The van der Waals surface area contributed by atoms with E-state index in [0.717, 1.165) is 23.3 Å². The molecule has 1 rings (SSSR count). The quantitative estimate of drug-likeness (QED) is 0.638. The van der Waals surface area contributed by atoms with Crippen LogP contribution >= 0.6 is 11.8 Å². The minimum absolute atomic E-state index is 0.183. The molecule has 0 amide bonds. The first-order valence-electron chi connectivity index (χ1n) is 6.17. The summed E-state index contributed by atoms with van der Waals surface area (Å²) in [6.45, 7) is 8.50. The van der Waals surface area contributed by atoms with Crippen LogP contribution in [-0.2, 0) is 6.42 Å². The number of hydrogen-bond donors (Lipinski definition) is 2. The van der Waals surface area contributed by atoms with Crippen molar-refractivity contribution in [1.82, 2.24) is 5.43 Å². The van der Waals surface area contributed by atoms with Crippen molar-refractivity contribution in [3.8, 4) is 0 Å². The van der Waals surface area contributed by atoms with E-state index in [1.165, 1.54) is 6.07 Å². The van der Waals surface area contributed by atoms with Crippen LogP contribution in [0, 0.1) is 12.7 Å². The molecule has 0 fully saturated rings. The molecule has 0 aliphatic heterocycles. The summed E-state index contributed by atoms with van der Waals surface area (Å²) >= 11 is 1.88. The van der Waals surface area contributed by atoms with Gasteiger partial charge in [0.1, 0.15) is 5.82 Å². The molecule has 0 heterocycles. The van der Waals surface area contributed by atoms with Gasteiger partial charge < -0.3 is 0 Å². The fourth-order valence-electron chi connectivity index (χ4n) is 1.67. The monoisotopic (exact) mass is 270 g/mol. The molecule has 3 N–H and O–H groups in total. The third-order valence-electron chi connectivity index (χ3n) is 2.72. The second-order valence-corrected chi connectivity index (χ2v) is 7.41. The minimum Gasteiger partial charge on any atom is -0.271 e. The molecule has 1 atom stereocenters. The summed E-state index contributed by atoms with van der Waals surface area (Å²) in [5, 5.41) is 0. The van der Waals surface area contributed by atoms with Gasteiger partial charge in [-0.3, -0.25) is 11.3 Å². The Balaban J connectivity index is 2.62. The molecule has 0 saturated heterocycles. The fraction of sp³-hybridized carbons (Fsp3) is 0.571. The molecule has 0 bridgehead atoms. The molecule has 2 nitrogen and oxygen atoms in total. The van der Waals surface area contributed by atoms with Crippen LogP contribution in [0.1, 0.15) is 31.9 Å². The molecule has 1 aromatic carbocycles. The maximum absolute atomic E-state index is 13.0. The van der Waals surface area contributed by atoms with Crippen molar-refractivity contribution in [3.05, 3.63) is 35.1 Å². The number of aryl methyl sites for hydroxylation is 1. The van der Waals surface area contributed by atoms with E-state index < -0.39 is 0 Å². The Morgan fingerprint density at radius 3 is 2.56 bits per heavy atom. The highest BCUT2D eigenvalue weighted by Gasteiger charge is 2.16. The fourth-order valence-corrected chi connectivity index (χ4v) is 2.59. The van der Waals surface area contributed by atoms with Crippen LogP contribution in [0.3, 0.4) is 0 Å². The topological polar surface area (TPSA) is 38.0 Å². The molecular weight excluding hydrogens is 247 g/mol. The number of hydrazine groups is 1. The highest BCUT2D eigenvalue weighted by molar-refractivity contribution is 8.00. The number of halogens is 1. The predicted octanol–water partition coefficient (Wildman–Crippen LogP) is 3.04. The van der Waals surface area contributed by atoms with E-state index in [0.29, 0.717) is 0 Å². The third-order valence-corrected chi connectivity index (χ3v) is 4.16. The lowest BCUT2D eigenvalue weighted by Crippen LogP contribution is -2.39. The van der Waals surface area contributed by atoms with E-state index in [1.807, 2.05) is 24.8 Å². The van der Waals surface area contributed by atoms with Gasteiger partial charge in [0.05, 0.1) is 0 Å². The van der Waals surface area contributed by atoms with Crippen LogP contribution in [-0.4, -0.2) is 16.5 Å². The Hall–Kier alpha value is -0.580. The molecule has 0 aliphatic rings. The zero-order valence-electron chi connectivity index (χ0n) is 11.6. The third kappa shape index (κ3) is 5.38. The average Bonchev–Trinajstić information content (AvgIpc) is 2.25. The number of thioether (sulfide) groups is 1. The van der Waals surface area contributed by atoms with Gasteiger partial charge in [0.25, 0.3) is 0 Å². The van der Waals surface area contributed by atoms with Crippen molar-refractivity contribution in [3.63, 3.8) is 0 Å². The number of nitrogens with one attached hydrogen (secondary N) is 1. The summed E-state index contributed by atoms with van der Waals surface area (Å²) in [7, 11) is 0. The Morgan fingerprint density at radius 1 is 1.39 bits per heavy atom. The zero-order chi connectivity index (χ0) is 13.8. The van der Waals surface area contributed by atoms with Gasteiger partial charge in [0.2, 0.25) is 0 Å². The molecule has 102 valence electrons. The van der Waals surface area contributed by atoms with Crippen molar-refractivity contribution in [2.75, 3.05) is 5.75 Å². The van der Waals surface area contributed by atoms with E-state index in [-0.39, 0.29) is 16.6 Å². The van der Waals surface area contributed by atoms with Crippen LogP contribution in [0.25, 0.3) is 0 Å². The largest absolute Gasteiger partial charge is 0.271 e. The van der Waals surface area contributed by atoms with Gasteiger partial charge in [-0.2, -0.15) is 11.8 Å². The van der Waals surface area contributed by atoms with Gasteiger partial charge in [-0.15, -0.1) is 0 Å². The first kappa shape index (κ1) is 15.5.